The van der Waals surface area contributed by atoms with E-state index >= 15 is 0 Å². The first-order valence-corrected chi connectivity index (χ1v) is 7.84. The van der Waals surface area contributed by atoms with Gasteiger partial charge in [-0.1, -0.05) is 37.3 Å². The monoisotopic (exact) mass is 282 g/mol. The van der Waals surface area contributed by atoms with Crippen LogP contribution in [0.25, 0.3) is 0 Å². The highest BCUT2D eigenvalue weighted by atomic mass is 16.5. The fourth-order valence-corrected chi connectivity index (χ4v) is 3.21. The van der Waals surface area contributed by atoms with Gasteiger partial charge in [-0.15, -0.1) is 0 Å². The molecule has 0 heterocycles. The smallest absolute Gasteiger partial charge is 0.338 e. The van der Waals surface area contributed by atoms with E-state index < -0.39 is 0 Å². The molecule has 0 N–H and O–H groups in total. The molecule has 0 spiro atoms. The highest BCUT2D eigenvalue weighted by Gasteiger charge is 2.24. The molecule has 110 valence electrons. The van der Waals surface area contributed by atoms with Crippen LogP contribution in [-0.2, 0) is 4.74 Å². The molecule has 3 rings (SSSR count). The molecule has 0 radical (unpaired) electrons. The minimum Gasteiger partial charge on any atom is -0.462 e. The zero-order valence-corrected chi connectivity index (χ0v) is 12.5. The van der Waals surface area contributed by atoms with Crippen LogP contribution < -0.4 is 0 Å². The van der Waals surface area contributed by atoms with Gasteiger partial charge in [0, 0.05) is 0 Å². The highest BCUT2D eigenvalue weighted by Crippen LogP contribution is 2.37. The Kier molecular flexibility index (Phi) is 4.23. The average Bonchev–Trinajstić information content (AvgIpc) is 2.53. The van der Waals surface area contributed by atoms with Crippen molar-refractivity contribution in [1.82, 2.24) is 0 Å². The van der Waals surface area contributed by atoms with Crippen molar-refractivity contribution in [1.29, 1.82) is 0 Å². The van der Waals surface area contributed by atoms with Gasteiger partial charge in [-0.2, -0.15) is 0 Å². The van der Waals surface area contributed by atoms with Crippen molar-refractivity contribution in [3.05, 3.63) is 59.2 Å². The van der Waals surface area contributed by atoms with Crippen LogP contribution in [-0.4, -0.2) is 12.6 Å². The fraction of sp³-hybridized carbons (Fsp3) is 0.421. The van der Waals surface area contributed by atoms with Gasteiger partial charge in [-0.05, 0) is 60.8 Å². The Balaban J connectivity index is 1.55. The summed E-state index contributed by atoms with van der Waals surface area (Å²) in [5.74, 6) is 0.906. The molecule has 1 aromatic carbocycles. The molecule has 0 amide bonds. The zero-order valence-electron chi connectivity index (χ0n) is 12.5. The Morgan fingerprint density at radius 3 is 2.86 bits per heavy atom. The summed E-state index contributed by atoms with van der Waals surface area (Å²) in [6.07, 6.45) is 9.28. The molecule has 2 heteroatoms. The standard InChI is InChI=1S/C19H22O2/c1-14-7-9-16-10-8-15(12-18(16)11-14)13-21-19(20)17-5-3-2-4-6-17/h2-6,9,11,14-15H,7-8,10,12-13H2,1H3. The fourth-order valence-electron chi connectivity index (χ4n) is 3.21. The van der Waals surface area contributed by atoms with Gasteiger partial charge in [-0.3, -0.25) is 0 Å². The molecular weight excluding hydrogens is 260 g/mol. The van der Waals surface area contributed by atoms with Crippen LogP contribution in [0.4, 0.5) is 0 Å². The Bertz CT molecular complexity index is 568. The first kappa shape index (κ1) is 14.1. The second-order valence-electron chi connectivity index (χ2n) is 6.21. The van der Waals surface area contributed by atoms with Gasteiger partial charge in [0.15, 0.2) is 0 Å². The van der Waals surface area contributed by atoms with Crippen LogP contribution in [0.2, 0.25) is 0 Å². The molecule has 1 aromatic rings. The first-order chi connectivity index (χ1) is 10.2. The topological polar surface area (TPSA) is 26.3 Å². The molecule has 2 nitrogen and oxygen atoms in total. The molecule has 2 unspecified atom stereocenters. The number of hydrogen-bond donors (Lipinski definition) is 0. The minimum atomic E-state index is -0.206. The van der Waals surface area contributed by atoms with Crippen molar-refractivity contribution in [2.75, 3.05) is 6.61 Å². The third-order valence-corrected chi connectivity index (χ3v) is 4.42. The van der Waals surface area contributed by atoms with Crippen molar-refractivity contribution < 1.29 is 9.53 Å². The maximum atomic E-state index is 12.0. The number of esters is 1. The largest absolute Gasteiger partial charge is 0.462 e. The van der Waals surface area contributed by atoms with Crippen molar-refractivity contribution in [3.8, 4) is 0 Å². The summed E-state index contributed by atoms with van der Waals surface area (Å²) in [5.41, 5.74) is 3.65. The third-order valence-electron chi connectivity index (χ3n) is 4.42. The van der Waals surface area contributed by atoms with Gasteiger partial charge < -0.3 is 4.74 Å². The van der Waals surface area contributed by atoms with E-state index in [4.69, 9.17) is 4.74 Å². The van der Waals surface area contributed by atoms with Crippen molar-refractivity contribution in [3.63, 3.8) is 0 Å². The highest BCUT2D eigenvalue weighted by molar-refractivity contribution is 5.89. The number of allylic oxidation sites excluding steroid dienone is 4. The van der Waals surface area contributed by atoms with Crippen LogP contribution in [0, 0.1) is 11.8 Å². The normalized spacial score (nSPS) is 24.6. The number of carbonyl (C=O) groups is 1. The molecule has 2 atom stereocenters. The summed E-state index contributed by atoms with van der Waals surface area (Å²) >= 11 is 0. The molecule has 1 fully saturated rings. The van der Waals surface area contributed by atoms with Gasteiger partial charge in [-0.25, -0.2) is 4.79 Å². The minimum absolute atomic E-state index is 0.206. The van der Waals surface area contributed by atoms with E-state index in [1.165, 1.54) is 17.6 Å². The number of fused-ring (bicyclic) bond motifs is 1. The van der Waals surface area contributed by atoms with Crippen molar-refractivity contribution in [2.24, 2.45) is 11.8 Å². The van der Waals surface area contributed by atoms with Crippen molar-refractivity contribution in [2.45, 2.75) is 32.6 Å². The number of ether oxygens (including phenoxy) is 1. The molecular formula is C19H22O2. The van der Waals surface area contributed by atoms with Crippen LogP contribution in [0.3, 0.4) is 0 Å². The van der Waals surface area contributed by atoms with E-state index in [1.807, 2.05) is 18.2 Å². The zero-order chi connectivity index (χ0) is 14.7. The van der Waals surface area contributed by atoms with Crippen LogP contribution in [0.15, 0.2) is 53.6 Å². The van der Waals surface area contributed by atoms with E-state index in [0.29, 0.717) is 24.0 Å². The molecule has 0 saturated heterocycles. The molecule has 0 aromatic heterocycles. The second-order valence-corrected chi connectivity index (χ2v) is 6.21. The van der Waals surface area contributed by atoms with Crippen LogP contribution in [0.5, 0.6) is 0 Å². The number of rotatable bonds is 3. The summed E-state index contributed by atoms with van der Waals surface area (Å²) in [6.45, 7) is 2.80. The molecule has 0 bridgehead atoms. The van der Waals surface area contributed by atoms with Gasteiger partial charge in [0.2, 0.25) is 0 Å². The van der Waals surface area contributed by atoms with Gasteiger partial charge in [0.25, 0.3) is 0 Å². The Hall–Kier alpha value is -1.83. The summed E-state index contributed by atoms with van der Waals surface area (Å²) in [4.78, 5) is 12.0. The van der Waals surface area contributed by atoms with E-state index in [0.717, 1.165) is 19.3 Å². The lowest BCUT2D eigenvalue weighted by Gasteiger charge is -2.29. The van der Waals surface area contributed by atoms with E-state index in [9.17, 15) is 4.79 Å². The van der Waals surface area contributed by atoms with Crippen LogP contribution in [0.1, 0.15) is 43.0 Å². The summed E-state index contributed by atoms with van der Waals surface area (Å²) in [7, 11) is 0. The Labute approximate surface area is 126 Å². The quantitative estimate of drug-likeness (QED) is 0.761. The lowest BCUT2D eigenvalue weighted by Crippen LogP contribution is -2.20. The summed E-state index contributed by atoms with van der Waals surface area (Å²) in [6, 6.07) is 9.23. The van der Waals surface area contributed by atoms with Gasteiger partial charge in [0.1, 0.15) is 0 Å². The molecule has 21 heavy (non-hydrogen) atoms. The second kappa shape index (κ2) is 6.30. The summed E-state index contributed by atoms with van der Waals surface area (Å²) in [5, 5.41) is 0. The van der Waals surface area contributed by atoms with Crippen LogP contribution >= 0.6 is 0 Å². The number of benzene rings is 1. The molecule has 0 aliphatic heterocycles. The molecule has 1 saturated carbocycles. The maximum Gasteiger partial charge on any atom is 0.338 e. The third kappa shape index (κ3) is 3.44. The first-order valence-electron chi connectivity index (χ1n) is 7.84. The maximum absolute atomic E-state index is 12.0. The van der Waals surface area contributed by atoms with Gasteiger partial charge in [0.05, 0.1) is 12.2 Å². The number of carbonyl (C=O) groups excluding carboxylic acids is 1. The lowest BCUT2D eigenvalue weighted by atomic mass is 9.78. The van der Waals surface area contributed by atoms with E-state index in [2.05, 4.69) is 19.1 Å². The molecule has 2 aliphatic rings. The van der Waals surface area contributed by atoms with Crippen molar-refractivity contribution >= 4 is 5.97 Å². The van der Waals surface area contributed by atoms with E-state index in [1.54, 1.807) is 12.1 Å². The predicted octanol–water partition coefficient (Wildman–Crippen LogP) is 4.54. The SMILES string of the molecule is CC1C=C2CC(COC(=O)c3ccccc3)CCC2=CC1. The Morgan fingerprint density at radius 2 is 2.05 bits per heavy atom. The molecule has 2 aliphatic carbocycles. The lowest BCUT2D eigenvalue weighted by molar-refractivity contribution is 0.0428. The predicted molar refractivity (Wildman–Crippen MR) is 84.0 cm³/mol. The Morgan fingerprint density at radius 1 is 1.24 bits per heavy atom. The van der Waals surface area contributed by atoms with Gasteiger partial charge >= 0.3 is 5.97 Å². The van der Waals surface area contributed by atoms with E-state index in [-0.39, 0.29) is 5.97 Å². The summed E-state index contributed by atoms with van der Waals surface area (Å²) < 4.78 is 5.49. The average molecular weight is 282 g/mol. The number of hydrogen-bond acceptors (Lipinski definition) is 2.